The molecule has 0 saturated heterocycles. The lowest BCUT2D eigenvalue weighted by molar-refractivity contribution is 0.267. The zero-order valence-corrected chi connectivity index (χ0v) is 18.8. The van der Waals surface area contributed by atoms with Gasteiger partial charge < -0.3 is 14.1 Å². The van der Waals surface area contributed by atoms with Crippen molar-refractivity contribution in [3.63, 3.8) is 0 Å². The van der Waals surface area contributed by atoms with Gasteiger partial charge in [0, 0.05) is 34.8 Å². The predicted molar refractivity (Wildman–Crippen MR) is 122 cm³/mol. The van der Waals surface area contributed by atoms with E-state index in [2.05, 4.69) is 4.98 Å². The Hall–Kier alpha value is -3.13. The van der Waals surface area contributed by atoms with Crippen LogP contribution >= 0.6 is 11.3 Å². The summed E-state index contributed by atoms with van der Waals surface area (Å²) < 4.78 is 12.7. The third-order valence-corrected chi connectivity index (χ3v) is 5.74. The molecule has 0 fully saturated rings. The quantitative estimate of drug-likeness (QED) is 0.454. The van der Waals surface area contributed by atoms with Gasteiger partial charge in [-0.2, -0.15) is 0 Å². The number of aromatic nitrogens is 3. The van der Waals surface area contributed by atoms with Crippen molar-refractivity contribution in [3.05, 3.63) is 68.1 Å². The second-order valence-corrected chi connectivity index (χ2v) is 9.07. The fraction of sp³-hybridized carbons (Fsp3) is 0.348. The highest BCUT2D eigenvalue weighted by Gasteiger charge is 2.20. The van der Waals surface area contributed by atoms with Gasteiger partial charge in [-0.15, -0.1) is 11.3 Å². The van der Waals surface area contributed by atoms with Gasteiger partial charge in [0.25, 0.3) is 5.56 Å². The lowest BCUT2D eigenvalue weighted by atomic mass is 10.1. The summed E-state index contributed by atoms with van der Waals surface area (Å²) in [6.07, 6.45) is 3.14. The Balaban J connectivity index is 1.78. The normalized spacial score (nSPS) is 11.7. The molecule has 4 aromatic heterocycles. The Labute approximate surface area is 183 Å². The molecule has 1 N–H and O–H groups in total. The first-order chi connectivity index (χ1) is 14.8. The maximum Gasteiger partial charge on any atom is 0.263 e. The number of nitrogens with one attached hydrogen (secondary N) is 1. The van der Waals surface area contributed by atoms with Gasteiger partial charge in [0.1, 0.15) is 16.4 Å². The molecule has 0 saturated carbocycles. The average molecular weight is 440 g/mol. The highest BCUT2D eigenvalue weighted by molar-refractivity contribution is 7.17. The van der Waals surface area contributed by atoms with Crippen molar-refractivity contribution in [2.24, 2.45) is 5.92 Å². The summed E-state index contributed by atoms with van der Waals surface area (Å²) in [5.74, 6) is 1.94. The van der Waals surface area contributed by atoms with Gasteiger partial charge >= 0.3 is 0 Å². The molecule has 0 spiro atoms. The Kier molecular flexibility index (Phi) is 5.82. The number of thiophene rings is 1. The third-order valence-electron chi connectivity index (χ3n) is 4.86. The first-order valence-corrected chi connectivity index (χ1v) is 11.1. The number of nitrogens with zero attached hydrogens (tertiary/aromatic N) is 2. The molecule has 0 aliphatic rings. The topological polar surface area (TPSA) is 90.1 Å². The van der Waals surface area contributed by atoms with Gasteiger partial charge in [0.05, 0.1) is 24.8 Å². The number of ether oxygens (including phenoxy) is 1. The minimum absolute atomic E-state index is 0.0339. The van der Waals surface area contributed by atoms with E-state index in [0.29, 0.717) is 40.0 Å². The third kappa shape index (κ3) is 4.20. The molecule has 0 unspecified atom stereocenters. The zero-order valence-electron chi connectivity index (χ0n) is 18.0. The van der Waals surface area contributed by atoms with Gasteiger partial charge in [0.2, 0.25) is 5.43 Å². The van der Waals surface area contributed by atoms with Gasteiger partial charge in [0.15, 0.2) is 5.75 Å². The summed E-state index contributed by atoms with van der Waals surface area (Å²) in [5.41, 5.74) is 0.982. The summed E-state index contributed by atoms with van der Waals surface area (Å²) in [6, 6.07) is 5.10. The van der Waals surface area contributed by atoms with Crippen LogP contribution in [0.1, 0.15) is 45.1 Å². The van der Waals surface area contributed by atoms with Gasteiger partial charge in [-0.3, -0.25) is 14.2 Å². The van der Waals surface area contributed by atoms with Crippen LogP contribution in [0.15, 0.2) is 50.0 Å². The molecule has 31 heavy (non-hydrogen) atoms. The molecule has 162 valence electrons. The fourth-order valence-corrected chi connectivity index (χ4v) is 4.30. The van der Waals surface area contributed by atoms with E-state index in [-0.39, 0.29) is 29.2 Å². The zero-order chi connectivity index (χ0) is 22.1. The summed E-state index contributed by atoms with van der Waals surface area (Å²) >= 11 is 1.43. The Morgan fingerprint density at radius 1 is 1.26 bits per heavy atom. The summed E-state index contributed by atoms with van der Waals surface area (Å²) in [4.78, 5) is 34.6. The summed E-state index contributed by atoms with van der Waals surface area (Å²) in [7, 11) is 0. The minimum Gasteiger partial charge on any atom is -0.488 e. The molecule has 0 aromatic carbocycles. The molecule has 4 aromatic rings. The van der Waals surface area contributed by atoms with E-state index in [0.717, 1.165) is 5.56 Å². The standard InChI is InChI=1S/C23H25N3O4S/c1-13(2)11-30-19-9-24-15(8-17(19)27)10-26-21(14(3)4)25-22-20(23(26)28)16(12-31-22)18-6-5-7-29-18/h5-9,12-14H,10-11H2,1-4H3,(H,24,27). The number of H-pyrrole nitrogens is 1. The Bertz CT molecular complexity index is 1310. The van der Waals surface area contributed by atoms with E-state index in [1.165, 1.54) is 17.4 Å². The van der Waals surface area contributed by atoms with Crippen LogP contribution in [0.4, 0.5) is 0 Å². The van der Waals surface area contributed by atoms with Gasteiger partial charge in [-0.05, 0) is 18.1 Å². The van der Waals surface area contributed by atoms with Crippen LogP contribution in [0, 0.1) is 5.92 Å². The molecular formula is C23H25N3O4S. The van der Waals surface area contributed by atoms with Crippen molar-refractivity contribution in [1.82, 2.24) is 14.5 Å². The van der Waals surface area contributed by atoms with Gasteiger partial charge in [-0.1, -0.05) is 27.7 Å². The molecule has 8 heteroatoms. The minimum atomic E-state index is -0.214. The summed E-state index contributed by atoms with van der Waals surface area (Å²) in [6.45, 7) is 8.71. The molecule has 0 aliphatic carbocycles. The van der Waals surface area contributed by atoms with E-state index >= 15 is 0 Å². The smallest absolute Gasteiger partial charge is 0.263 e. The van der Waals surface area contributed by atoms with Crippen LogP contribution in [0.5, 0.6) is 5.75 Å². The predicted octanol–water partition coefficient (Wildman–Crippen LogP) is 4.61. The SMILES string of the molecule is CC(C)COc1c[nH]c(Cn2c(C(C)C)nc3scc(-c4ccco4)c3c2=O)cc1=O. The van der Waals surface area contributed by atoms with Crippen molar-refractivity contribution >= 4 is 21.6 Å². The lowest BCUT2D eigenvalue weighted by Gasteiger charge is -2.15. The second-order valence-electron chi connectivity index (χ2n) is 8.21. The maximum absolute atomic E-state index is 13.5. The van der Waals surface area contributed by atoms with Crippen LogP contribution in [0.2, 0.25) is 0 Å². The van der Waals surface area contributed by atoms with Crippen LogP contribution < -0.4 is 15.7 Å². The number of fused-ring (bicyclic) bond motifs is 1. The first-order valence-electron chi connectivity index (χ1n) is 10.2. The molecule has 7 nitrogen and oxygen atoms in total. The highest BCUT2D eigenvalue weighted by atomic mass is 32.1. The molecule has 0 aliphatic heterocycles. The summed E-state index contributed by atoms with van der Waals surface area (Å²) in [5, 5.41) is 2.43. The van der Waals surface area contributed by atoms with Crippen molar-refractivity contribution in [2.75, 3.05) is 6.61 Å². The van der Waals surface area contributed by atoms with Crippen molar-refractivity contribution in [2.45, 2.75) is 40.2 Å². The molecule has 4 heterocycles. The molecule has 0 amide bonds. The van der Waals surface area contributed by atoms with Crippen molar-refractivity contribution < 1.29 is 9.15 Å². The number of pyridine rings is 1. The molecule has 4 rings (SSSR count). The lowest BCUT2D eigenvalue weighted by Crippen LogP contribution is -2.27. The number of hydrogen-bond donors (Lipinski definition) is 1. The number of hydrogen-bond acceptors (Lipinski definition) is 6. The molecule has 0 radical (unpaired) electrons. The van der Waals surface area contributed by atoms with Crippen LogP contribution in [-0.4, -0.2) is 21.1 Å². The van der Waals surface area contributed by atoms with Crippen LogP contribution in [0.3, 0.4) is 0 Å². The van der Waals surface area contributed by atoms with Crippen LogP contribution in [0.25, 0.3) is 21.5 Å². The number of furan rings is 1. The monoisotopic (exact) mass is 439 g/mol. The Morgan fingerprint density at radius 2 is 2.06 bits per heavy atom. The fourth-order valence-electron chi connectivity index (χ4n) is 3.38. The Morgan fingerprint density at radius 3 is 2.71 bits per heavy atom. The van der Waals surface area contributed by atoms with Crippen molar-refractivity contribution in [1.29, 1.82) is 0 Å². The highest BCUT2D eigenvalue weighted by Crippen LogP contribution is 2.32. The van der Waals surface area contributed by atoms with E-state index < -0.39 is 0 Å². The largest absolute Gasteiger partial charge is 0.488 e. The van der Waals surface area contributed by atoms with E-state index in [1.807, 2.05) is 39.1 Å². The van der Waals surface area contributed by atoms with E-state index in [9.17, 15) is 9.59 Å². The number of aromatic amines is 1. The molecular weight excluding hydrogens is 414 g/mol. The second kappa shape index (κ2) is 8.55. The first kappa shape index (κ1) is 21.1. The maximum atomic E-state index is 13.5. The van der Waals surface area contributed by atoms with Crippen LogP contribution in [-0.2, 0) is 6.54 Å². The van der Waals surface area contributed by atoms with Crippen molar-refractivity contribution in [3.8, 4) is 17.1 Å². The van der Waals surface area contributed by atoms with E-state index in [1.54, 1.807) is 23.1 Å². The van der Waals surface area contributed by atoms with E-state index in [4.69, 9.17) is 14.1 Å². The number of rotatable bonds is 7. The average Bonchev–Trinajstić information content (AvgIpc) is 3.38. The molecule has 0 atom stereocenters. The van der Waals surface area contributed by atoms with Gasteiger partial charge in [-0.25, -0.2) is 4.98 Å². The molecule has 0 bridgehead atoms.